The zero-order chi connectivity index (χ0) is 15.1. The van der Waals surface area contributed by atoms with E-state index in [9.17, 15) is 9.90 Å². The monoisotopic (exact) mass is 296 g/mol. The Morgan fingerprint density at radius 1 is 1.48 bits per heavy atom. The third-order valence-corrected chi connectivity index (χ3v) is 4.72. The third kappa shape index (κ3) is 5.00. The van der Waals surface area contributed by atoms with Gasteiger partial charge in [-0.25, -0.2) is 4.79 Å². The molecule has 0 bridgehead atoms. The highest BCUT2D eigenvalue weighted by atomic mass is 16.5. The standard InChI is InChI=1S/C16H28N2O3/c1-16(8-3-2-4-14(16)19)12-18-15(20)17-9-5-13-6-10-21-11-7-13/h6,14,19H,2-5,7-12H2,1H3,(H2,17,18,20). The fourth-order valence-corrected chi connectivity index (χ4v) is 3.06. The summed E-state index contributed by atoms with van der Waals surface area (Å²) in [5.74, 6) is 0. The van der Waals surface area contributed by atoms with E-state index in [2.05, 4.69) is 23.6 Å². The van der Waals surface area contributed by atoms with Crippen LogP contribution in [0.15, 0.2) is 11.6 Å². The highest BCUT2D eigenvalue weighted by Crippen LogP contribution is 2.35. The number of hydrogen-bond donors (Lipinski definition) is 3. The van der Waals surface area contributed by atoms with E-state index in [-0.39, 0.29) is 17.6 Å². The predicted octanol–water partition coefficient (Wildman–Crippen LogP) is 1.96. The minimum absolute atomic E-state index is 0.137. The first-order valence-corrected chi connectivity index (χ1v) is 8.05. The molecule has 0 saturated heterocycles. The lowest BCUT2D eigenvalue weighted by Gasteiger charge is -2.38. The van der Waals surface area contributed by atoms with Crippen molar-refractivity contribution >= 4 is 6.03 Å². The van der Waals surface area contributed by atoms with E-state index in [1.165, 1.54) is 5.57 Å². The van der Waals surface area contributed by atoms with Crippen molar-refractivity contribution in [3.63, 3.8) is 0 Å². The lowest BCUT2D eigenvalue weighted by Crippen LogP contribution is -2.47. The molecule has 0 aromatic carbocycles. The van der Waals surface area contributed by atoms with Crippen LogP contribution in [0.5, 0.6) is 0 Å². The fraction of sp³-hybridized carbons (Fsp3) is 0.812. The summed E-state index contributed by atoms with van der Waals surface area (Å²) in [6.07, 6.45) is 7.68. The van der Waals surface area contributed by atoms with Gasteiger partial charge in [0.1, 0.15) is 0 Å². The molecular weight excluding hydrogens is 268 g/mol. The topological polar surface area (TPSA) is 70.6 Å². The summed E-state index contributed by atoms with van der Waals surface area (Å²) in [5, 5.41) is 15.9. The molecule has 1 saturated carbocycles. The Labute approximate surface area is 127 Å². The van der Waals surface area contributed by atoms with Crippen LogP contribution in [0, 0.1) is 5.41 Å². The molecule has 21 heavy (non-hydrogen) atoms. The highest BCUT2D eigenvalue weighted by Gasteiger charge is 2.35. The van der Waals surface area contributed by atoms with Gasteiger partial charge in [-0.3, -0.25) is 0 Å². The van der Waals surface area contributed by atoms with E-state index < -0.39 is 0 Å². The van der Waals surface area contributed by atoms with Crippen LogP contribution in [0.4, 0.5) is 4.79 Å². The van der Waals surface area contributed by atoms with E-state index in [1.54, 1.807) is 0 Å². The number of aliphatic hydroxyl groups is 1. The number of hydrogen-bond acceptors (Lipinski definition) is 3. The molecule has 0 aromatic rings. The summed E-state index contributed by atoms with van der Waals surface area (Å²) in [7, 11) is 0. The van der Waals surface area contributed by atoms with Gasteiger partial charge >= 0.3 is 6.03 Å². The van der Waals surface area contributed by atoms with Crippen LogP contribution in [0.3, 0.4) is 0 Å². The molecule has 0 aromatic heterocycles. The van der Waals surface area contributed by atoms with Crippen molar-refractivity contribution in [2.75, 3.05) is 26.3 Å². The number of rotatable bonds is 5. The lowest BCUT2D eigenvalue weighted by atomic mass is 9.73. The molecule has 1 fully saturated rings. The molecule has 120 valence electrons. The summed E-state index contributed by atoms with van der Waals surface area (Å²) in [6, 6.07) is -0.137. The van der Waals surface area contributed by atoms with Crippen LogP contribution in [0.2, 0.25) is 0 Å². The molecule has 2 amide bonds. The van der Waals surface area contributed by atoms with Gasteiger partial charge in [0.25, 0.3) is 0 Å². The summed E-state index contributed by atoms with van der Waals surface area (Å²) in [5.41, 5.74) is 1.18. The zero-order valence-corrected chi connectivity index (χ0v) is 13.0. The molecular formula is C16H28N2O3. The Kier molecular flexibility index (Phi) is 6.06. The van der Waals surface area contributed by atoms with E-state index in [1.807, 2.05) is 0 Å². The van der Waals surface area contributed by atoms with Gasteiger partial charge in [-0.05, 0) is 25.7 Å². The smallest absolute Gasteiger partial charge is 0.314 e. The molecule has 5 heteroatoms. The van der Waals surface area contributed by atoms with E-state index in [4.69, 9.17) is 4.74 Å². The Morgan fingerprint density at radius 2 is 2.33 bits per heavy atom. The number of urea groups is 1. The maximum atomic E-state index is 11.8. The molecule has 2 atom stereocenters. The molecule has 2 unspecified atom stereocenters. The lowest BCUT2D eigenvalue weighted by molar-refractivity contribution is 0.00310. The van der Waals surface area contributed by atoms with Crippen molar-refractivity contribution in [3.05, 3.63) is 11.6 Å². The number of carbonyl (C=O) groups is 1. The first-order valence-electron chi connectivity index (χ1n) is 8.05. The molecule has 1 heterocycles. The van der Waals surface area contributed by atoms with Gasteiger partial charge in [0.2, 0.25) is 0 Å². The maximum absolute atomic E-state index is 11.8. The quantitative estimate of drug-likeness (QED) is 0.679. The number of nitrogens with one attached hydrogen (secondary N) is 2. The molecule has 0 spiro atoms. The molecule has 2 rings (SSSR count). The minimum atomic E-state index is -0.307. The van der Waals surface area contributed by atoms with Crippen molar-refractivity contribution in [2.45, 2.75) is 51.6 Å². The fourth-order valence-electron chi connectivity index (χ4n) is 3.06. The van der Waals surface area contributed by atoms with Crippen LogP contribution in [-0.2, 0) is 4.74 Å². The minimum Gasteiger partial charge on any atom is -0.392 e. The number of carbonyl (C=O) groups excluding carboxylic acids is 1. The Morgan fingerprint density at radius 3 is 3.05 bits per heavy atom. The molecule has 0 radical (unpaired) electrons. The number of amides is 2. The Bertz CT molecular complexity index is 384. The van der Waals surface area contributed by atoms with Crippen molar-refractivity contribution in [3.8, 4) is 0 Å². The van der Waals surface area contributed by atoms with Gasteiger partial charge < -0.3 is 20.5 Å². The Balaban J connectivity index is 1.64. The first kappa shape index (κ1) is 16.3. The van der Waals surface area contributed by atoms with Crippen LogP contribution in [0.1, 0.15) is 45.4 Å². The highest BCUT2D eigenvalue weighted by molar-refractivity contribution is 5.73. The molecule has 1 aliphatic heterocycles. The first-order chi connectivity index (χ1) is 10.1. The average molecular weight is 296 g/mol. The normalized spacial score (nSPS) is 29.6. The van der Waals surface area contributed by atoms with Gasteiger partial charge in [0.05, 0.1) is 19.3 Å². The van der Waals surface area contributed by atoms with Gasteiger partial charge in [0.15, 0.2) is 0 Å². The summed E-state index contributed by atoms with van der Waals surface area (Å²) < 4.78 is 5.25. The average Bonchev–Trinajstić information content (AvgIpc) is 2.50. The maximum Gasteiger partial charge on any atom is 0.314 e. The van der Waals surface area contributed by atoms with E-state index >= 15 is 0 Å². The SMILES string of the molecule is CC1(CNC(=O)NCCC2=CCOCC2)CCCCC1O. The van der Waals surface area contributed by atoms with Gasteiger partial charge in [0, 0.05) is 18.5 Å². The summed E-state index contributed by atoms with van der Waals surface area (Å²) >= 11 is 0. The van der Waals surface area contributed by atoms with Gasteiger partial charge in [-0.15, -0.1) is 0 Å². The molecule has 1 aliphatic carbocycles. The van der Waals surface area contributed by atoms with Crippen LogP contribution >= 0.6 is 0 Å². The third-order valence-electron chi connectivity index (χ3n) is 4.72. The largest absolute Gasteiger partial charge is 0.392 e. The predicted molar refractivity (Wildman–Crippen MR) is 82.1 cm³/mol. The Hall–Kier alpha value is -1.07. The number of aliphatic hydroxyl groups excluding tert-OH is 1. The zero-order valence-electron chi connectivity index (χ0n) is 13.0. The second-order valence-corrected chi connectivity index (χ2v) is 6.46. The molecule has 5 nitrogen and oxygen atoms in total. The summed E-state index contributed by atoms with van der Waals surface area (Å²) in [6.45, 7) is 4.73. The second-order valence-electron chi connectivity index (χ2n) is 6.46. The summed E-state index contributed by atoms with van der Waals surface area (Å²) in [4.78, 5) is 11.8. The van der Waals surface area contributed by atoms with E-state index in [0.717, 1.165) is 45.1 Å². The van der Waals surface area contributed by atoms with Crippen LogP contribution in [-0.4, -0.2) is 43.5 Å². The molecule has 3 N–H and O–H groups in total. The van der Waals surface area contributed by atoms with Gasteiger partial charge in [-0.2, -0.15) is 0 Å². The van der Waals surface area contributed by atoms with Gasteiger partial charge in [-0.1, -0.05) is 31.4 Å². The van der Waals surface area contributed by atoms with E-state index in [0.29, 0.717) is 19.7 Å². The van der Waals surface area contributed by atoms with Crippen molar-refractivity contribution < 1.29 is 14.6 Å². The van der Waals surface area contributed by atoms with Crippen molar-refractivity contribution in [1.29, 1.82) is 0 Å². The number of ether oxygens (including phenoxy) is 1. The van der Waals surface area contributed by atoms with Crippen LogP contribution < -0.4 is 10.6 Å². The molecule has 2 aliphatic rings. The van der Waals surface area contributed by atoms with Crippen molar-refractivity contribution in [2.24, 2.45) is 5.41 Å². The van der Waals surface area contributed by atoms with Crippen molar-refractivity contribution in [1.82, 2.24) is 10.6 Å². The van der Waals surface area contributed by atoms with Crippen LogP contribution in [0.25, 0.3) is 0 Å². The second kappa shape index (κ2) is 7.80.